The number of allylic oxidation sites excluding steroid dienone is 3. The van der Waals surface area contributed by atoms with Crippen molar-refractivity contribution in [2.75, 3.05) is 4.93 Å². The van der Waals surface area contributed by atoms with Crippen LogP contribution in [0.3, 0.4) is 0 Å². The quantitative estimate of drug-likeness (QED) is 0.451. The van der Waals surface area contributed by atoms with Crippen molar-refractivity contribution in [1.29, 1.82) is 0 Å². The number of rotatable bonds is 3. The monoisotopic (exact) mass is 284 g/mol. The van der Waals surface area contributed by atoms with Crippen LogP contribution in [-0.2, 0) is 0 Å². The van der Waals surface area contributed by atoms with Gasteiger partial charge in [0.25, 0.3) is 0 Å². The molecule has 0 aliphatic rings. The largest absolute Gasteiger partial charge is 0.126 e. The molecule has 0 saturated heterocycles. The Kier molecular flexibility index (Phi) is 4.68. The van der Waals surface area contributed by atoms with Gasteiger partial charge in [0.2, 0.25) is 0 Å². The Morgan fingerprint density at radius 2 is 2.00 bits per heavy atom. The van der Waals surface area contributed by atoms with E-state index in [1.807, 2.05) is 24.3 Å². The van der Waals surface area contributed by atoms with Crippen LogP contribution in [0.1, 0.15) is 5.56 Å². The highest BCUT2D eigenvalue weighted by molar-refractivity contribution is 14.2. The Labute approximate surface area is 89.7 Å². The predicted molar refractivity (Wildman–Crippen MR) is 70.6 cm³/mol. The average Bonchev–Trinajstić information content (AvgIpc) is 2.21. The van der Waals surface area contributed by atoms with Crippen molar-refractivity contribution in [3.05, 3.63) is 54.6 Å². The van der Waals surface area contributed by atoms with E-state index in [1.165, 1.54) is 11.1 Å². The van der Waals surface area contributed by atoms with E-state index >= 15 is 0 Å². The van der Waals surface area contributed by atoms with Crippen LogP contribution in [0.5, 0.6) is 0 Å². The smallest absolute Gasteiger partial charge is 0.0169 e. The Morgan fingerprint density at radius 3 is 2.54 bits per heavy atom. The van der Waals surface area contributed by atoms with Gasteiger partial charge in [0.05, 0.1) is 0 Å². The maximum Gasteiger partial charge on any atom is -0.0169 e. The molecule has 0 N–H and O–H groups in total. The fourth-order valence-electron chi connectivity index (χ4n) is 1.04. The maximum atomic E-state index is 3.81. The molecule has 1 rings (SSSR count). The van der Waals surface area contributed by atoms with Crippen LogP contribution in [0.4, 0.5) is 0 Å². The van der Waals surface area contributed by atoms with Crippen LogP contribution in [0.15, 0.2) is 49.1 Å². The van der Waals surface area contributed by atoms with Crippen LogP contribution in [-0.4, -0.2) is 8.94 Å². The van der Waals surface area contributed by atoms with Gasteiger partial charge in [0.1, 0.15) is 0 Å². The zero-order valence-electron chi connectivity index (χ0n) is 7.70. The zero-order valence-corrected chi connectivity index (χ0v) is 9.86. The van der Waals surface area contributed by atoms with Crippen LogP contribution >= 0.6 is 20.7 Å². The molecule has 0 nitrogen and oxygen atoms in total. The second-order valence-electron chi connectivity index (χ2n) is 2.54. The zero-order chi connectivity index (χ0) is 9.52. The summed E-state index contributed by atoms with van der Waals surface area (Å²) < 4.78 is 2.25. The number of hydrogen-bond donors (Lipinski definition) is 0. The molecule has 68 valence electrons. The summed E-state index contributed by atoms with van der Waals surface area (Å²) in [5, 5.41) is 0. The summed E-state index contributed by atoms with van der Waals surface area (Å²) in [6.07, 6.45) is 4.07. The molecule has 0 fully saturated rings. The van der Waals surface area contributed by atoms with Gasteiger partial charge in [-0.2, -0.15) is 0 Å². The molecule has 0 saturated carbocycles. The normalized spacial score (nSPS) is 12.5. The number of hydrogen-bond acceptors (Lipinski definition) is 0. The lowest BCUT2D eigenvalue weighted by Gasteiger charge is -1.99. The minimum Gasteiger partial charge on any atom is -0.126 e. The van der Waals surface area contributed by atoms with E-state index in [0.717, 1.165) is 0 Å². The molecule has 0 bridgehead atoms. The van der Waals surface area contributed by atoms with E-state index in [-0.39, 0.29) is 20.7 Å². The van der Waals surface area contributed by atoms with Gasteiger partial charge >= 0.3 is 0 Å². The first-order valence-electron chi connectivity index (χ1n) is 4.08. The fourth-order valence-corrected chi connectivity index (χ4v) is 1.79. The summed E-state index contributed by atoms with van der Waals surface area (Å²) in [5.74, 6) is 0. The van der Waals surface area contributed by atoms with Crippen LogP contribution in [0, 0.1) is 0 Å². The molecule has 1 heteroatoms. The third-order valence-electron chi connectivity index (χ3n) is 1.70. The summed E-state index contributed by atoms with van der Waals surface area (Å²) >= 11 is 0.227. The van der Waals surface area contributed by atoms with Crippen molar-refractivity contribution < 1.29 is 0 Å². The molecular formula is C12H13I. The van der Waals surface area contributed by atoms with E-state index in [2.05, 4.69) is 33.7 Å². The molecule has 0 atom stereocenters. The SMILES string of the molecule is C=C/C(=C\C=IC)c1ccccc1. The van der Waals surface area contributed by atoms with Crippen LogP contribution in [0.25, 0.3) is 5.57 Å². The third kappa shape index (κ3) is 3.27. The molecule has 13 heavy (non-hydrogen) atoms. The Morgan fingerprint density at radius 1 is 1.31 bits per heavy atom. The number of halogens is 1. The van der Waals surface area contributed by atoms with Crippen molar-refractivity contribution in [3.8, 4) is 0 Å². The van der Waals surface area contributed by atoms with Crippen molar-refractivity contribution in [1.82, 2.24) is 0 Å². The molecule has 0 unspecified atom stereocenters. The van der Waals surface area contributed by atoms with Crippen molar-refractivity contribution in [3.63, 3.8) is 0 Å². The second kappa shape index (κ2) is 5.86. The second-order valence-corrected chi connectivity index (χ2v) is 4.50. The molecule has 0 aromatic heterocycles. The molecule has 0 radical (unpaired) electrons. The van der Waals surface area contributed by atoms with E-state index in [9.17, 15) is 0 Å². The summed E-state index contributed by atoms with van der Waals surface area (Å²) in [4.78, 5) is 2.24. The lowest BCUT2D eigenvalue weighted by atomic mass is 10.1. The summed E-state index contributed by atoms with van der Waals surface area (Å²) in [6, 6.07) is 10.3. The molecule has 0 heterocycles. The van der Waals surface area contributed by atoms with Crippen molar-refractivity contribution in [2.24, 2.45) is 0 Å². The van der Waals surface area contributed by atoms with Gasteiger partial charge in [-0.1, -0.05) is 43.0 Å². The van der Waals surface area contributed by atoms with Gasteiger partial charge in [-0.05, 0) is 26.2 Å². The number of alkyl halides is 1. The minimum atomic E-state index is 0.227. The Balaban J connectivity index is 2.98. The molecule has 1 aromatic carbocycles. The summed E-state index contributed by atoms with van der Waals surface area (Å²) in [6.45, 7) is 3.81. The van der Waals surface area contributed by atoms with Crippen molar-refractivity contribution >= 4 is 30.3 Å². The van der Waals surface area contributed by atoms with E-state index in [0.29, 0.717) is 0 Å². The predicted octanol–water partition coefficient (Wildman–Crippen LogP) is 3.66. The standard InChI is InChI=1S/C12H13I/c1-3-11(9-10-13-2)12-7-5-4-6-8-12/h3-10H,1H2,2H3/b11-9+. The summed E-state index contributed by atoms with van der Waals surface area (Å²) in [7, 11) is 0. The molecule has 0 amide bonds. The first-order valence-corrected chi connectivity index (χ1v) is 7.48. The van der Waals surface area contributed by atoms with Gasteiger partial charge in [0, 0.05) is 0 Å². The lowest BCUT2D eigenvalue weighted by Crippen LogP contribution is -1.78. The molecule has 0 aliphatic heterocycles. The molecule has 0 spiro atoms. The van der Waals surface area contributed by atoms with Gasteiger partial charge in [-0.3, -0.25) is 0 Å². The Bertz CT molecular complexity index is 320. The topological polar surface area (TPSA) is 0 Å². The average molecular weight is 284 g/mol. The highest BCUT2D eigenvalue weighted by Crippen LogP contribution is 2.13. The van der Waals surface area contributed by atoms with Crippen LogP contribution in [0.2, 0.25) is 0 Å². The molecular weight excluding hydrogens is 271 g/mol. The summed E-state index contributed by atoms with van der Waals surface area (Å²) in [5.41, 5.74) is 2.45. The van der Waals surface area contributed by atoms with E-state index in [4.69, 9.17) is 0 Å². The van der Waals surface area contributed by atoms with Crippen LogP contribution < -0.4 is 0 Å². The van der Waals surface area contributed by atoms with E-state index < -0.39 is 0 Å². The lowest BCUT2D eigenvalue weighted by molar-refractivity contribution is 1.63. The number of benzene rings is 1. The van der Waals surface area contributed by atoms with E-state index in [1.54, 1.807) is 0 Å². The molecule has 0 aliphatic carbocycles. The highest BCUT2D eigenvalue weighted by atomic mass is 127. The minimum absolute atomic E-state index is 0.227. The van der Waals surface area contributed by atoms with Gasteiger partial charge in [-0.15, -0.1) is 20.7 Å². The third-order valence-corrected chi connectivity index (χ3v) is 2.77. The highest BCUT2D eigenvalue weighted by Gasteiger charge is 1.92. The van der Waals surface area contributed by atoms with Crippen molar-refractivity contribution in [2.45, 2.75) is 0 Å². The molecule has 1 aromatic rings. The first kappa shape index (κ1) is 10.4. The van der Waals surface area contributed by atoms with Gasteiger partial charge < -0.3 is 0 Å². The first-order chi connectivity index (χ1) is 6.38. The van der Waals surface area contributed by atoms with Gasteiger partial charge in [-0.25, -0.2) is 0 Å². The maximum absolute atomic E-state index is 3.81. The fraction of sp³-hybridized carbons (Fsp3) is 0.0833. The Hall–Kier alpha value is -0.700. The van der Waals surface area contributed by atoms with Gasteiger partial charge in [0.15, 0.2) is 0 Å².